The first-order chi connectivity index (χ1) is 10.8. The van der Waals surface area contributed by atoms with Gasteiger partial charge in [0, 0.05) is 21.2 Å². The SMILES string of the molecule is c1ccc2c(c1)NC1(CCC3(CC1)Nc1ccccc1S3)S2. The van der Waals surface area contributed by atoms with Gasteiger partial charge in [0.2, 0.25) is 0 Å². The van der Waals surface area contributed by atoms with Gasteiger partial charge in [-0.15, -0.1) is 0 Å². The Morgan fingerprint density at radius 2 is 1.05 bits per heavy atom. The van der Waals surface area contributed by atoms with Crippen molar-refractivity contribution in [1.29, 1.82) is 0 Å². The monoisotopic (exact) mass is 326 g/mol. The van der Waals surface area contributed by atoms with Crippen LogP contribution >= 0.6 is 23.5 Å². The standard InChI is InChI=1S/C18H18N2S2/c1-3-7-15-13(5-1)19-17(21-15)9-11-18(12-10-17)20-14-6-2-4-8-16(14)22-18/h1-8,19-20H,9-12H2. The number of nitrogens with one attached hydrogen (secondary N) is 2. The second kappa shape index (κ2) is 4.62. The van der Waals surface area contributed by atoms with Gasteiger partial charge in [0.25, 0.3) is 0 Å². The summed E-state index contributed by atoms with van der Waals surface area (Å²) in [5.41, 5.74) is 2.64. The van der Waals surface area contributed by atoms with E-state index in [-0.39, 0.29) is 9.74 Å². The third-order valence-corrected chi connectivity index (χ3v) is 7.93. The fourth-order valence-electron chi connectivity index (χ4n) is 3.79. The lowest BCUT2D eigenvalue weighted by Crippen LogP contribution is -2.44. The van der Waals surface area contributed by atoms with Crippen LogP contribution < -0.4 is 10.6 Å². The van der Waals surface area contributed by atoms with Crippen molar-refractivity contribution in [2.75, 3.05) is 10.6 Å². The minimum absolute atomic E-state index is 0.214. The van der Waals surface area contributed by atoms with E-state index in [1.807, 2.05) is 23.5 Å². The van der Waals surface area contributed by atoms with Crippen LogP contribution in [0.3, 0.4) is 0 Å². The Hall–Kier alpha value is -1.26. The van der Waals surface area contributed by atoms with Crippen LogP contribution in [-0.4, -0.2) is 9.74 Å². The average Bonchev–Trinajstić information content (AvgIpc) is 3.09. The van der Waals surface area contributed by atoms with Crippen LogP contribution in [0.2, 0.25) is 0 Å². The van der Waals surface area contributed by atoms with Crippen molar-refractivity contribution >= 4 is 34.9 Å². The maximum absolute atomic E-state index is 3.80. The Labute approximate surface area is 139 Å². The molecular formula is C18H18N2S2. The Kier molecular flexibility index (Phi) is 2.77. The highest BCUT2D eigenvalue weighted by Crippen LogP contribution is 2.59. The predicted octanol–water partition coefficient (Wildman–Crippen LogP) is 5.39. The van der Waals surface area contributed by atoms with Crippen molar-refractivity contribution in [1.82, 2.24) is 0 Å². The molecule has 0 aromatic heterocycles. The minimum Gasteiger partial charge on any atom is -0.369 e. The molecule has 3 aliphatic rings. The van der Waals surface area contributed by atoms with E-state index < -0.39 is 0 Å². The number of para-hydroxylation sites is 2. The van der Waals surface area contributed by atoms with Gasteiger partial charge in [0.05, 0.1) is 9.74 Å². The van der Waals surface area contributed by atoms with Crippen molar-refractivity contribution in [2.24, 2.45) is 0 Å². The molecule has 2 spiro atoms. The number of rotatable bonds is 0. The van der Waals surface area contributed by atoms with E-state index in [4.69, 9.17) is 0 Å². The Balaban J connectivity index is 1.35. The largest absolute Gasteiger partial charge is 0.369 e. The van der Waals surface area contributed by atoms with Gasteiger partial charge in [0.15, 0.2) is 0 Å². The molecule has 4 heteroatoms. The number of fused-ring (bicyclic) bond motifs is 2. The molecule has 2 aromatic carbocycles. The summed E-state index contributed by atoms with van der Waals surface area (Å²) in [6.45, 7) is 0. The molecule has 0 amide bonds. The summed E-state index contributed by atoms with van der Waals surface area (Å²) < 4.78 is 0. The average molecular weight is 326 g/mol. The molecule has 2 aliphatic heterocycles. The van der Waals surface area contributed by atoms with Crippen LogP contribution in [0.15, 0.2) is 58.3 Å². The van der Waals surface area contributed by atoms with E-state index >= 15 is 0 Å². The zero-order valence-corrected chi connectivity index (χ0v) is 13.9. The van der Waals surface area contributed by atoms with Gasteiger partial charge in [-0.05, 0) is 49.9 Å². The molecule has 0 bridgehead atoms. The fraction of sp³-hybridized carbons (Fsp3) is 0.333. The summed E-state index contributed by atoms with van der Waals surface area (Å²) in [5, 5.41) is 7.61. The van der Waals surface area contributed by atoms with Crippen LogP contribution in [0, 0.1) is 0 Å². The molecule has 0 saturated heterocycles. The molecular weight excluding hydrogens is 308 g/mol. The molecule has 2 heterocycles. The molecule has 2 N–H and O–H groups in total. The second-order valence-corrected chi connectivity index (χ2v) is 9.29. The van der Waals surface area contributed by atoms with E-state index in [9.17, 15) is 0 Å². The van der Waals surface area contributed by atoms with E-state index in [1.54, 1.807) is 0 Å². The minimum atomic E-state index is 0.214. The van der Waals surface area contributed by atoms with Crippen molar-refractivity contribution in [3.05, 3.63) is 48.5 Å². The van der Waals surface area contributed by atoms with E-state index in [0.29, 0.717) is 0 Å². The quantitative estimate of drug-likeness (QED) is 0.678. The zero-order valence-electron chi connectivity index (χ0n) is 12.3. The van der Waals surface area contributed by atoms with Gasteiger partial charge in [-0.3, -0.25) is 0 Å². The van der Waals surface area contributed by atoms with E-state index in [1.165, 1.54) is 46.8 Å². The van der Waals surface area contributed by atoms with Gasteiger partial charge in [-0.1, -0.05) is 47.8 Å². The number of benzene rings is 2. The maximum Gasteiger partial charge on any atom is 0.0883 e. The van der Waals surface area contributed by atoms with Gasteiger partial charge < -0.3 is 10.6 Å². The van der Waals surface area contributed by atoms with Crippen LogP contribution in [0.4, 0.5) is 11.4 Å². The second-order valence-electron chi connectivity index (χ2n) is 6.44. The summed E-state index contributed by atoms with van der Waals surface area (Å²) in [4.78, 5) is 3.25. The van der Waals surface area contributed by atoms with Crippen LogP contribution in [0.5, 0.6) is 0 Å². The first kappa shape index (κ1) is 13.2. The molecule has 1 fully saturated rings. The molecule has 0 atom stereocenters. The highest BCUT2D eigenvalue weighted by Gasteiger charge is 2.48. The Morgan fingerprint density at radius 1 is 0.636 bits per heavy atom. The highest BCUT2D eigenvalue weighted by atomic mass is 32.2. The summed E-state index contributed by atoms with van der Waals surface area (Å²) in [5.74, 6) is 0. The topological polar surface area (TPSA) is 24.1 Å². The van der Waals surface area contributed by atoms with Gasteiger partial charge >= 0.3 is 0 Å². The van der Waals surface area contributed by atoms with Gasteiger partial charge in [-0.2, -0.15) is 0 Å². The Bertz CT molecular complexity index is 618. The molecule has 112 valence electrons. The predicted molar refractivity (Wildman–Crippen MR) is 95.8 cm³/mol. The number of hydrogen-bond donors (Lipinski definition) is 2. The smallest absolute Gasteiger partial charge is 0.0883 e. The van der Waals surface area contributed by atoms with Crippen molar-refractivity contribution < 1.29 is 0 Å². The van der Waals surface area contributed by atoms with Crippen LogP contribution in [0.1, 0.15) is 25.7 Å². The third kappa shape index (κ3) is 1.97. The summed E-state index contributed by atoms with van der Waals surface area (Å²) in [6, 6.07) is 17.4. The lowest BCUT2D eigenvalue weighted by Gasteiger charge is -2.42. The molecule has 2 aromatic rings. The normalized spacial score (nSPS) is 31.6. The molecule has 0 unspecified atom stereocenters. The van der Waals surface area contributed by atoms with Gasteiger partial charge in [-0.25, -0.2) is 0 Å². The summed E-state index contributed by atoms with van der Waals surface area (Å²) >= 11 is 4.07. The zero-order chi connectivity index (χ0) is 14.6. The van der Waals surface area contributed by atoms with Gasteiger partial charge in [0.1, 0.15) is 0 Å². The number of thioether (sulfide) groups is 2. The van der Waals surface area contributed by atoms with Crippen molar-refractivity contribution in [3.63, 3.8) is 0 Å². The molecule has 5 rings (SSSR count). The molecule has 1 aliphatic carbocycles. The molecule has 1 saturated carbocycles. The summed E-state index contributed by atoms with van der Waals surface area (Å²) in [6.07, 6.45) is 4.83. The number of hydrogen-bond acceptors (Lipinski definition) is 4. The van der Waals surface area contributed by atoms with E-state index in [0.717, 1.165) is 0 Å². The highest BCUT2D eigenvalue weighted by molar-refractivity contribution is 8.01. The van der Waals surface area contributed by atoms with Crippen molar-refractivity contribution in [3.8, 4) is 0 Å². The van der Waals surface area contributed by atoms with E-state index in [2.05, 4.69) is 59.2 Å². The first-order valence-corrected chi connectivity index (χ1v) is 9.52. The first-order valence-electron chi connectivity index (χ1n) is 7.89. The molecule has 2 nitrogen and oxygen atoms in total. The Morgan fingerprint density at radius 3 is 1.45 bits per heavy atom. The fourth-order valence-corrected chi connectivity index (χ4v) is 6.52. The lowest BCUT2D eigenvalue weighted by molar-refractivity contribution is 0.382. The van der Waals surface area contributed by atoms with Crippen LogP contribution in [-0.2, 0) is 0 Å². The third-order valence-electron chi connectivity index (χ3n) is 4.98. The summed E-state index contributed by atoms with van der Waals surface area (Å²) in [7, 11) is 0. The molecule has 0 radical (unpaired) electrons. The molecule has 22 heavy (non-hydrogen) atoms. The number of anilines is 2. The van der Waals surface area contributed by atoms with Crippen molar-refractivity contribution in [2.45, 2.75) is 45.2 Å². The lowest BCUT2D eigenvalue weighted by atomic mass is 9.89. The van der Waals surface area contributed by atoms with Crippen LogP contribution in [0.25, 0.3) is 0 Å². The maximum atomic E-state index is 3.80.